The second kappa shape index (κ2) is 10.6. The van der Waals surface area contributed by atoms with Gasteiger partial charge in [0.2, 0.25) is 5.91 Å². The fraction of sp³-hybridized carbons (Fsp3) is 0.280. The number of rotatable bonds is 7. The smallest absolute Gasteiger partial charge is 0.335 e. The predicted molar refractivity (Wildman–Crippen MR) is 127 cm³/mol. The molecule has 176 valence electrons. The molecule has 0 aromatic heterocycles. The molecule has 2 aromatic rings. The number of carboxylic acid groups (broad SMARTS) is 1. The molecular weight excluding hydrogens is 456 g/mol. The lowest BCUT2D eigenvalue weighted by molar-refractivity contribution is -0.136. The first-order valence-electron chi connectivity index (χ1n) is 11.0. The zero-order valence-corrected chi connectivity index (χ0v) is 19.3. The van der Waals surface area contributed by atoms with E-state index in [2.05, 4.69) is 0 Å². The van der Waals surface area contributed by atoms with Gasteiger partial charge in [0.25, 0.3) is 11.1 Å². The highest BCUT2D eigenvalue weighted by atomic mass is 32.2. The first-order chi connectivity index (χ1) is 16.4. The Balaban J connectivity index is 1.36. The predicted octanol–water partition coefficient (Wildman–Crippen LogP) is 4.01. The van der Waals surface area contributed by atoms with E-state index in [1.165, 1.54) is 6.07 Å². The van der Waals surface area contributed by atoms with Gasteiger partial charge in [-0.05, 0) is 72.5 Å². The molecule has 9 heteroatoms. The molecule has 2 aliphatic heterocycles. The van der Waals surface area contributed by atoms with Crippen molar-refractivity contribution in [1.82, 2.24) is 9.80 Å². The maximum Gasteiger partial charge on any atom is 0.335 e. The van der Waals surface area contributed by atoms with E-state index >= 15 is 0 Å². The number of carbonyl (C=O) groups is 4. The van der Waals surface area contributed by atoms with Crippen LogP contribution < -0.4 is 4.74 Å². The molecule has 0 radical (unpaired) electrons. The number of nitrogens with zero attached hydrogens (tertiary/aromatic N) is 2. The molecule has 2 fully saturated rings. The van der Waals surface area contributed by atoms with E-state index < -0.39 is 17.1 Å². The number of likely N-dealkylation sites (tertiary alicyclic amines) is 1. The summed E-state index contributed by atoms with van der Waals surface area (Å²) in [6.07, 6.45) is 4.61. The summed E-state index contributed by atoms with van der Waals surface area (Å²) in [5, 5.41) is 8.64. The normalized spacial score (nSPS) is 17.4. The van der Waals surface area contributed by atoms with Crippen molar-refractivity contribution in [1.29, 1.82) is 0 Å². The van der Waals surface area contributed by atoms with Gasteiger partial charge in [0.1, 0.15) is 18.9 Å². The Morgan fingerprint density at radius 3 is 2.47 bits per heavy atom. The lowest BCUT2D eigenvalue weighted by Gasteiger charge is -2.27. The molecule has 4 rings (SSSR count). The van der Waals surface area contributed by atoms with Gasteiger partial charge in [0.15, 0.2) is 0 Å². The van der Waals surface area contributed by atoms with Crippen molar-refractivity contribution in [2.24, 2.45) is 0 Å². The largest absolute Gasteiger partial charge is 0.489 e. The van der Waals surface area contributed by atoms with E-state index in [1.54, 1.807) is 53.4 Å². The molecule has 8 nitrogen and oxygen atoms in total. The van der Waals surface area contributed by atoms with Crippen LogP contribution in [0.25, 0.3) is 6.08 Å². The molecule has 2 saturated heterocycles. The number of ether oxygens (including phenoxy) is 1. The van der Waals surface area contributed by atoms with E-state index in [1.807, 2.05) is 0 Å². The molecule has 2 aromatic carbocycles. The number of benzene rings is 2. The average molecular weight is 481 g/mol. The SMILES string of the molecule is O=C(O)c1cccc(COc2ccc(/C=C3\SC(=O)N(CC(=O)N4CCCCC4)C3=O)cc2)c1. The highest BCUT2D eigenvalue weighted by Gasteiger charge is 2.37. The molecule has 3 amide bonds. The highest BCUT2D eigenvalue weighted by Crippen LogP contribution is 2.32. The second-order valence-corrected chi connectivity index (χ2v) is 9.07. The van der Waals surface area contributed by atoms with E-state index in [0.717, 1.165) is 41.5 Å². The van der Waals surface area contributed by atoms with Crippen LogP contribution in [-0.4, -0.2) is 57.6 Å². The monoisotopic (exact) mass is 480 g/mol. The Kier molecular flexibility index (Phi) is 7.32. The third-order valence-electron chi connectivity index (χ3n) is 5.63. The van der Waals surface area contributed by atoms with Gasteiger partial charge in [-0.1, -0.05) is 24.3 Å². The number of carboxylic acids is 1. The van der Waals surface area contributed by atoms with Gasteiger partial charge in [-0.2, -0.15) is 0 Å². The summed E-state index contributed by atoms with van der Waals surface area (Å²) in [6.45, 7) is 1.33. The Hall–Kier alpha value is -3.59. The lowest BCUT2D eigenvalue weighted by Crippen LogP contribution is -2.44. The molecule has 0 atom stereocenters. The molecule has 0 spiro atoms. The molecule has 34 heavy (non-hydrogen) atoms. The van der Waals surface area contributed by atoms with Crippen molar-refractivity contribution in [3.63, 3.8) is 0 Å². The van der Waals surface area contributed by atoms with Gasteiger partial charge in [-0.15, -0.1) is 0 Å². The quantitative estimate of drug-likeness (QED) is 0.597. The van der Waals surface area contributed by atoms with Gasteiger partial charge in [0.05, 0.1) is 10.5 Å². The average Bonchev–Trinajstić information content (AvgIpc) is 3.11. The zero-order valence-electron chi connectivity index (χ0n) is 18.4. The van der Waals surface area contributed by atoms with Crippen LogP contribution in [0.1, 0.15) is 40.7 Å². The van der Waals surface area contributed by atoms with Crippen molar-refractivity contribution in [2.45, 2.75) is 25.9 Å². The molecule has 0 aliphatic carbocycles. The molecule has 1 N–H and O–H groups in total. The van der Waals surface area contributed by atoms with Crippen molar-refractivity contribution in [3.05, 3.63) is 70.1 Å². The van der Waals surface area contributed by atoms with Gasteiger partial charge in [-0.3, -0.25) is 19.3 Å². The number of piperidine rings is 1. The number of thioether (sulfide) groups is 1. The summed E-state index contributed by atoms with van der Waals surface area (Å²) < 4.78 is 5.72. The summed E-state index contributed by atoms with van der Waals surface area (Å²) >= 11 is 0.829. The fourth-order valence-electron chi connectivity index (χ4n) is 3.79. The highest BCUT2D eigenvalue weighted by molar-refractivity contribution is 8.18. The van der Waals surface area contributed by atoms with Crippen LogP contribution in [0.5, 0.6) is 5.75 Å². The van der Waals surface area contributed by atoms with E-state index in [-0.39, 0.29) is 29.5 Å². The minimum absolute atomic E-state index is 0.196. The Morgan fingerprint density at radius 2 is 1.76 bits per heavy atom. The van der Waals surface area contributed by atoms with Crippen LogP contribution in [0, 0.1) is 0 Å². The maximum atomic E-state index is 12.7. The number of hydrogen-bond donors (Lipinski definition) is 1. The van der Waals surface area contributed by atoms with Crippen LogP contribution in [0.2, 0.25) is 0 Å². The molecule has 0 saturated carbocycles. The van der Waals surface area contributed by atoms with Crippen LogP contribution in [0.15, 0.2) is 53.4 Å². The summed E-state index contributed by atoms with van der Waals surface area (Å²) in [7, 11) is 0. The van der Waals surface area contributed by atoms with Gasteiger partial charge < -0.3 is 14.7 Å². The van der Waals surface area contributed by atoms with Gasteiger partial charge in [-0.25, -0.2) is 4.79 Å². The molecule has 0 bridgehead atoms. The van der Waals surface area contributed by atoms with E-state index in [9.17, 15) is 19.2 Å². The van der Waals surface area contributed by atoms with Crippen molar-refractivity contribution in [3.8, 4) is 5.75 Å². The number of aromatic carboxylic acids is 1. The molecular formula is C25H24N2O6S. The molecule has 2 heterocycles. The number of hydrogen-bond acceptors (Lipinski definition) is 6. The Labute approximate surface area is 201 Å². The topological polar surface area (TPSA) is 104 Å². The summed E-state index contributed by atoms with van der Waals surface area (Å²) in [6, 6.07) is 13.5. The van der Waals surface area contributed by atoms with Crippen LogP contribution in [0.3, 0.4) is 0 Å². The third kappa shape index (κ3) is 5.66. The van der Waals surface area contributed by atoms with Crippen LogP contribution in [0.4, 0.5) is 4.79 Å². The second-order valence-electron chi connectivity index (χ2n) is 8.07. The number of imide groups is 1. The first kappa shape index (κ1) is 23.6. The minimum Gasteiger partial charge on any atom is -0.489 e. The number of carbonyl (C=O) groups excluding carboxylic acids is 3. The summed E-state index contributed by atoms with van der Waals surface area (Å²) in [4.78, 5) is 51.6. The van der Waals surface area contributed by atoms with E-state index in [4.69, 9.17) is 9.84 Å². The van der Waals surface area contributed by atoms with Crippen molar-refractivity contribution >= 4 is 40.9 Å². The summed E-state index contributed by atoms with van der Waals surface area (Å²) in [5.74, 6) is -1.07. The standard InChI is InChI=1S/C25H24N2O6S/c28-22(26-11-2-1-3-12-26)15-27-23(29)21(34-25(27)32)14-17-7-9-20(10-8-17)33-16-18-5-4-6-19(13-18)24(30)31/h4-10,13-14H,1-3,11-12,15-16H2,(H,30,31)/b21-14-. The fourth-order valence-corrected chi connectivity index (χ4v) is 4.63. The minimum atomic E-state index is -0.994. The van der Waals surface area contributed by atoms with E-state index in [0.29, 0.717) is 24.4 Å². The van der Waals surface area contributed by atoms with Crippen molar-refractivity contribution < 1.29 is 29.0 Å². The summed E-state index contributed by atoms with van der Waals surface area (Å²) in [5.41, 5.74) is 1.65. The number of amides is 3. The van der Waals surface area contributed by atoms with Crippen LogP contribution in [-0.2, 0) is 16.2 Å². The van der Waals surface area contributed by atoms with Crippen molar-refractivity contribution in [2.75, 3.05) is 19.6 Å². The Bertz CT molecular complexity index is 1140. The lowest BCUT2D eigenvalue weighted by atomic mass is 10.1. The van der Waals surface area contributed by atoms with Crippen LogP contribution >= 0.6 is 11.8 Å². The van der Waals surface area contributed by atoms with Gasteiger partial charge in [0, 0.05) is 13.1 Å². The zero-order chi connectivity index (χ0) is 24.1. The maximum absolute atomic E-state index is 12.7. The Morgan fingerprint density at radius 1 is 1.03 bits per heavy atom. The molecule has 0 unspecified atom stereocenters. The first-order valence-corrected chi connectivity index (χ1v) is 11.8. The third-order valence-corrected chi connectivity index (χ3v) is 6.54. The molecule has 2 aliphatic rings. The van der Waals surface area contributed by atoms with Gasteiger partial charge >= 0.3 is 5.97 Å².